The molecular formula is C33H40N4O3S3. The molecule has 2 saturated heterocycles. The summed E-state index contributed by atoms with van der Waals surface area (Å²) in [5, 5.41) is 4.89. The van der Waals surface area contributed by atoms with Crippen molar-refractivity contribution in [2.45, 2.75) is 76.0 Å². The van der Waals surface area contributed by atoms with Crippen LogP contribution in [0.5, 0.6) is 0 Å². The molecule has 43 heavy (non-hydrogen) atoms. The molecule has 2 aliphatic rings. The van der Waals surface area contributed by atoms with Crippen LogP contribution in [0.15, 0.2) is 70.6 Å². The lowest BCUT2D eigenvalue weighted by molar-refractivity contribution is -0.122. The van der Waals surface area contributed by atoms with Gasteiger partial charge in [0.25, 0.3) is 5.91 Å². The number of aromatic nitrogens is 2. The summed E-state index contributed by atoms with van der Waals surface area (Å²) in [7, 11) is -3.64. The third kappa shape index (κ3) is 7.66. The van der Waals surface area contributed by atoms with Crippen molar-refractivity contribution in [1.82, 2.24) is 19.0 Å². The van der Waals surface area contributed by atoms with E-state index < -0.39 is 10.0 Å². The monoisotopic (exact) mass is 636 g/mol. The number of amides is 1. The molecular weight excluding hydrogens is 597 g/mol. The van der Waals surface area contributed by atoms with E-state index in [1.807, 2.05) is 48.7 Å². The highest BCUT2D eigenvalue weighted by Crippen LogP contribution is 2.36. The van der Waals surface area contributed by atoms with Crippen molar-refractivity contribution in [2.24, 2.45) is 0 Å². The highest BCUT2D eigenvalue weighted by molar-refractivity contribution is 8.26. The number of carbonyl (C=O) groups is 1. The molecule has 0 saturated carbocycles. The summed E-state index contributed by atoms with van der Waals surface area (Å²) in [4.78, 5) is 16.0. The molecule has 1 amide bonds. The molecule has 1 aromatic heterocycles. The number of rotatable bonds is 12. The molecule has 5 rings (SSSR count). The second kappa shape index (κ2) is 14.8. The van der Waals surface area contributed by atoms with Crippen LogP contribution in [0, 0.1) is 0 Å². The molecule has 3 aromatic rings. The largest absolute Gasteiger partial charge is 0.293 e. The fourth-order valence-electron chi connectivity index (χ4n) is 5.55. The fourth-order valence-corrected chi connectivity index (χ4v) is 8.41. The number of para-hydroxylation sites is 1. The molecule has 0 radical (unpaired) electrons. The van der Waals surface area contributed by atoms with Crippen LogP contribution >= 0.6 is 24.0 Å². The topological polar surface area (TPSA) is 75.5 Å². The Kier molecular flexibility index (Phi) is 10.9. The smallest absolute Gasteiger partial charge is 0.266 e. The number of nitrogens with zero attached hydrogens (tertiary/aromatic N) is 4. The third-order valence-electron chi connectivity index (χ3n) is 7.97. The van der Waals surface area contributed by atoms with Gasteiger partial charge in [0.15, 0.2) is 0 Å². The number of unbranched alkanes of at least 4 members (excludes halogenated alkanes) is 5. The van der Waals surface area contributed by atoms with Gasteiger partial charge in [0.1, 0.15) is 10.0 Å². The minimum absolute atomic E-state index is 0.0838. The van der Waals surface area contributed by atoms with E-state index in [0.717, 1.165) is 49.8 Å². The second-order valence-electron chi connectivity index (χ2n) is 11.2. The van der Waals surface area contributed by atoms with Crippen molar-refractivity contribution < 1.29 is 13.2 Å². The summed E-state index contributed by atoms with van der Waals surface area (Å²) in [6, 6.07) is 16.8. The Labute approximate surface area is 265 Å². The van der Waals surface area contributed by atoms with Gasteiger partial charge in [-0.2, -0.15) is 9.40 Å². The van der Waals surface area contributed by atoms with Crippen molar-refractivity contribution in [3.8, 4) is 16.9 Å². The lowest BCUT2D eigenvalue weighted by atomic mass is 10.1. The zero-order valence-electron chi connectivity index (χ0n) is 24.8. The van der Waals surface area contributed by atoms with Crippen LogP contribution in [0.1, 0.15) is 76.7 Å². The minimum Gasteiger partial charge on any atom is -0.293 e. The van der Waals surface area contributed by atoms with Gasteiger partial charge in [-0.25, -0.2) is 13.1 Å². The van der Waals surface area contributed by atoms with Gasteiger partial charge in [0, 0.05) is 37.0 Å². The number of sulfonamides is 1. The number of thiocarbonyl (C=S) groups is 1. The first-order chi connectivity index (χ1) is 20.9. The zero-order valence-corrected chi connectivity index (χ0v) is 27.2. The first kappa shape index (κ1) is 31.6. The van der Waals surface area contributed by atoms with Crippen molar-refractivity contribution in [1.29, 1.82) is 0 Å². The number of hydrogen-bond acceptors (Lipinski definition) is 6. The molecule has 2 aliphatic heterocycles. The molecule has 0 unspecified atom stereocenters. The summed E-state index contributed by atoms with van der Waals surface area (Å²) >= 11 is 6.92. The highest BCUT2D eigenvalue weighted by Gasteiger charge is 2.32. The van der Waals surface area contributed by atoms with Gasteiger partial charge in [-0.1, -0.05) is 106 Å². The second-order valence-corrected chi connectivity index (χ2v) is 14.8. The Balaban J connectivity index is 1.45. The first-order valence-electron chi connectivity index (χ1n) is 15.4. The fraction of sp³-hybridized carbons (Fsp3) is 0.424. The van der Waals surface area contributed by atoms with E-state index in [1.165, 1.54) is 37.4 Å². The van der Waals surface area contributed by atoms with Crippen LogP contribution in [0.3, 0.4) is 0 Å². The molecule has 2 aromatic carbocycles. The normalized spacial score (nSPS) is 17.6. The molecule has 10 heteroatoms. The summed E-state index contributed by atoms with van der Waals surface area (Å²) in [6.45, 7) is 3.92. The number of thioether (sulfide) groups is 1. The Morgan fingerprint density at radius 3 is 2.40 bits per heavy atom. The number of benzene rings is 2. The number of carbonyl (C=O) groups excluding carboxylic acids is 1. The van der Waals surface area contributed by atoms with Gasteiger partial charge in [0.05, 0.1) is 15.5 Å². The Morgan fingerprint density at radius 2 is 1.65 bits per heavy atom. The van der Waals surface area contributed by atoms with Crippen LogP contribution in [-0.2, 0) is 14.8 Å². The van der Waals surface area contributed by atoms with E-state index >= 15 is 0 Å². The maximum Gasteiger partial charge on any atom is 0.266 e. The van der Waals surface area contributed by atoms with Gasteiger partial charge in [-0.05, 0) is 49.6 Å². The molecule has 0 bridgehead atoms. The van der Waals surface area contributed by atoms with E-state index in [-0.39, 0.29) is 10.8 Å². The Bertz CT molecular complexity index is 1560. The summed E-state index contributed by atoms with van der Waals surface area (Å²) < 4.78 is 31.2. The number of hydrogen-bond donors (Lipinski definition) is 0. The molecule has 0 N–H and O–H groups in total. The van der Waals surface area contributed by atoms with Crippen LogP contribution < -0.4 is 0 Å². The van der Waals surface area contributed by atoms with Gasteiger partial charge in [0.2, 0.25) is 10.0 Å². The quantitative estimate of drug-likeness (QED) is 0.115. The summed E-state index contributed by atoms with van der Waals surface area (Å²) in [5.41, 5.74) is 2.89. The molecule has 7 nitrogen and oxygen atoms in total. The standard InChI is InChI=1S/C33H40N4O3S3/c1-2-3-4-5-6-14-22-36-32(38)30(42-33(36)41)24-27-25-37(28-17-10-9-11-18-28)34-31(27)26-16-15-19-29(23-26)43(39,40)35-20-12-7-8-13-21-35/h9-11,15-19,23-25H,2-8,12-14,20-22H2,1H3. The van der Waals surface area contributed by atoms with Crippen LogP contribution in [0.25, 0.3) is 23.0 Å². The molecule has 3 heterocycles. The van der Waals surface area contributed by atoms with Crippen LogP contribution in [0.2, 0.25) is 0 Å². The van der Waals surface area contributed by atoms with E-state index in [1.54, 1.807) is 32.1 Å². The average Bonchev–Trinajstić information content (AvgIpc) is 3.40. The predicted molar refractivity (Wildman–Crippen MR) is 179 cm³/mol. The van der Waals surface area contributed by atoms with Crippen molar-refractivity contribution in [2.75, 3.05) is 19.6 Å². The zero-order chi connectivity index (χ0) is 30.2. The SMILES string of the molecule is CCCCCCCCN1C(=O)C(=Cc2cn(-c3ccccc3)nc2-c2cccc(S(=O)(=O)N3CCCCCC3)c2)SC1=S. The Morgan fingerprint density at radius 1 is 0.930 bits per heavy atom. The van der Waals surface area contributed by atoms with Gasteiger partial charge < -0.3 is 0 Å². The van der Waals surface area contributed by atoms with E-state index in [9.17, 15) is 13.2 Å². The molecule has 228 valence electrons. The van der Waals surface area contributed by atoms with Gasteiger partial charge >= 0.3 is 0 Å². The van der Waals surface area contributed by atoms with Crippen molar-refractivity contribution >= 4 is 50.3 Å². The first-order valence-corrected chi connectivity index (χ1v) is 18.1. The molecule has 0 atom stereocenters. The lowest BCUT2D eigenvalue weighted by Gasteiger charge is -2.20. The van der Waals surface area contributed by atoms with Gasteiger partial charge in [-0.15, -0.1) is 0 Å². The van der Waals surface area contributed by atoms with Crippen LogP contribution in [-0.4, -0.2) is 57.3 Å². The average molecular weight is 637 g/mol. The minimum atomic E-state index is -3.64. The molecule has 2 fully saturated rings. The molecule has 0 spiro atoms. The third-order valence-corrected chi connectivity index (χ3v) is 11.2. The highest BCUT2D eigenvalue weighted by atomic mass is 32.2. The van der Waals surface area contributed by atoms with Crippen LogP contribution in [0.4, 0.5) is 0 Å². The van der Waals surface area contributed by atoms with E-state index in [4.69, 9.17) is 17.3 Å². The van der Waals surface area contributed by atoms with E-state index in [2.05, 4.69) is 6.92 Å². The Hall–Kier alpha value is -2.79. The predicted octanol–water partition coefficient (Wildman–Crippen LogP) is 7.67. The van der Waals surface area contributed by atoms with Gasteiger partial charge in [-0.3, -0.25) is 9.69 Å². The lowest BCUT2D eigenvalue weighted by Crippen LogP contribution is -2.31. The van der Waals surface area contributed by atoms with Crippen molar-refractivity contribution in [3.63, 3.8) is 0 Å². The summed E-state index contributed by atoms with van der Waals surface area (Å²) in [6.07, 6.45) is 14.5. The van der Waals surface area contributed by atoms with Crippen molar-refractivity contribution in [3.05, 3.63) is 71.3 Å². The summed E-state index contributed by atoms with van der Waals surface area (Å²) in [5.74, 6) is -0.0838. The molecule has 0 aliphatic carbocycles. The maximum absolute atomic E-state index is 13.6. The van der Waals surface area contributed by atoms with E-state index in [0.29, 0.717) is 40.1 Å². The maximum atomic E-state index is 13.6.